The summed E-state index contributed by atoms with van der Waals surface area (Å²) < 4.78 is 42.0. The smallest absolute Gasteiger partial charge is 0.305 e. The number of carbonyl (C=O) groups is 3. The van der Waals surface area contributed by atoms with Crippen LogP contribution in [0.2, 0.25) is 0 Å². The second-order valence-corrected chi connectivity index (χ2v) is 12.5. The average Bonchev–Trinajstić information content (AvgIpc) is 3.44. The van der Waals surface area contributed by atoms with Gasteiger partial charge >= 0.3 is 5.97 Å². The minimum Gasteiger partial charge on any atom is -0.481 e. The Morgan fingerprint density at radius 3 is 2.40 bits per heavy atom. The van der Waals surface area contributed by atoms with Gasteiger partial charge < -0.3 is 15.3 Å². The molecule has 2 aromatic carbocycles. The van der Waals surface area contributed by atoms with Crippen LogP contribution in [-0.2, 0) is 24.4 Å². The van der Waals surface area contributed by atoms with E-state index in [2.05, 4.69) is 5.32 Å². The summed E-state index contributed by atoms with van der Waals surface area (Å²) >= 11 is 0. The molecule has 1 aliphatic carbocycles. The van der Waals surface area contributed by atoms with Gasteiger partial charge in [0.1, 0.15) is 5.82 Å². The minimum atomic E-state index is -4.30. The van der Waals surface area contributed by atoms with Crippen LogP contribution in [0.1, 0.15) is 68.5 Å². The van der Waals surface area contributed by atoms with Crippen molar-refractivity contribution in [2.24, 2.45) is 5.92 Å². The first-order chi connectivity index (χ1) is 19.1. The molecule has 1 aliphatic heterocycles. The maximum Gasteiger partial charge on any atom is 0.305 e. The molecule has 0 bridgehead atoms. The molecule has 1 heterocycles. The zero-order valence-corrected chi connectivity index (χ0v) is 23.4. The maximum absolute atomic E-state index is 13.9. The second-order valence-electron chi connectivity index (χ2n) is 10.6. The van der Waals surface area contributed by atoms with Crippen molar-refractivity contribution in [3.8, 4) is 0 Å². The Bertz CT molecular complexity index is 1330. The van der Waals surface area contributed by atoms with Crippen LogP contribution in [0.15, 0.2) is 53.4 Å². The van der Waals surface area contributed by atoms with E-state index in [0.29, 0.717) is 24.3 Å². The average molecular weight is 574 g/mol. The molecule has 2 N–H and O–H groups in total. The molecule has 0 radical (unpaired) electrons. The highest BCUT2D eigenvalue weighted by molar-refractivity contribution is 7.89. The number of nitrogens with one attached hydrogen (secondary N) is 1. The summed E-state index contributed by atoms with van der Waals surface area (Å²) in [4.78, 5) is 40.2. The molecule has 2 aliphatic rings. The standard InChI is InChI=1S/C29H36FN3O6S/c1-20-6-4-9-22(18-20)25(19-27(35)36)31-28(37)29-32(26(34)15-10-21-7-2-3-8-21)16-5-17-33(29)40(38,39)24-13-11-23(30)12-14-24/h4,6,9,11-14,18,21,25,29H,2-3,5,7-8,10,15-17,19H2,1H3,(H,31,37)(H,35,36). The third kappa shape index (κ3) is 7.06. The molecule has 0 aromatic heterocycles. The number of carboxylic acids is 1. The van der Waals surface area contributed by atoms with Gasteiger partial charge in [-0.15, -0.1) is 0 Å². The van der Waals surface area contributed by atoms with Crippen LogP contribution in [-0.4, -0.2) is 59.8 Å². The lowest BCUT2D eigenvalue weighted by Gasteiger charge is -2.42. The first kappa shape index (κ1) is 29.7. The summed E-state index contributed by atoms with van der Waals surface area (Å²) in [6, 6.07) is 10.4. The van der Waals surface area contributed by atoms with Crippen molar-refractivity contribution in [3.05, 3.63) is 65.5 Å². The molecule has 2 atom stereocenters. The van der Waals surface area contributed by atoms with E-state index in [1.54, 1.807) is 18.2 Å². The Morgan fingerprint density at radius 1 is 1.05 bits per heavy atom. The Hall–Kier alpha value is -3.31. The van der Waals surface area contributed by atoms with E-state index >= 15 is 0 Å². The van der Waals surface area contributed by atoms with Crippen LogP contribution >= 0.6 is 0 Å². The first-order valence-corrected chi connectivity index (χ1v) is 15.2. The topological polar surface area (TPSA) is 124 Å². The van der Waals surface area contributed by atoms with E-state index in [0.717, 1.165) is 59.8 Å². The Kier molecular flexibility index (Phi) is 9.57. The molecule has 2 aromatic rings. The van der Waals surface area contributed by atoms with Crippen molar-refractivity contribution in [1.29, 1.82) is 0 Å². The fraction of sp³-hybridized carbons (Fsp3) is 0.483. The number of hydrogen-bond acceptors (Lipinski definition) is 5. The fourth-order valence-corrected chi connectivity index (χ4v) is 7.25. The van der Waals surface area contributed by atoms with Gasteiger partial charge in [-0.1, -0.05) is 55.5 Å². The van der Waals surface area contributed by atoms with Crippen molar-refractivity contribution >= 4 is 27.8 Å². The van der Waals surface area contributed by atoms with Gasteiger partial charge in [0.25, 0.3) is 5.91 Å². The predicted octanol–water partition coefficient (Wildman–Crippen LogP) is 3.99. The van der Waals surface area contributed by atoms with Gasteiger partial charge in [-0.3, -0.25) is 14.4 Å². The molecule has 9 nitrogen and oxygen atoms in total. The van der Waals surface area contributed by atoms with Crippen molar-refractivity contribution < 1.29 is 32.3 Å². The zero-order valence-electron chi connectivity index (χ0n) is 22.6. The van der Waals surface area contributed by atoms with Crippen LogP contribution < -0.4 is 5.32 Å². The lowest BCUT2D eigenvalue weighted by Crippen LogP contribution is -2.63. The molecule has 1 saturated heterocycles. The van der Waals surface area contributed by atoms with Crippen LogP contribution in [0, 0.1) is 18.7 Å². The van der Waals surface area contributed by atoms with E-state index in [1.165, 1.54) is 4.90 Å². The monoisotopic (exact) mass is 573 g/mol. The molecule has 216 valence electrons. The van der Waals surface area contributed by atoms with Crippen LogP contribution in [0.25, 0.3) is 0 Å². The van der Waals surface area contributed by atoms with Gasteiger partial charge in [0, 0.05) is 19.5 Å². The predicted molar refractivity (Wildman–Crippen MR) is 146 cm³/mol. The number of rotatable bonds is 10. The number of carbonyl (C=O) groups excluding carboxylic acids is 2. The molecule has 2 fully saturated rings. The lowest BCUT2D eigenvalue weighted by atomic mass is 10.0. The molecular formula is C29H36FN3O6S. The van der Waals surface area contributed by atoms with Gasteiger partial charge in [0.2, 0.25) is 15.9 Å². The number of sulfonamides is 1. The third-order valence-corrected chi connectivity index (χ3v) is 9.57. The largest absolute Gasteiger partial charge is 0.481 e. The fourth-order valence-electron chi connectivity index (χ4n) is 5.65. The summed E-state index contributed by atoms with van der Waals surface area (Å²) in [5.74, 6) is -2.42. The highest BCUT2D eigenvalue weighted by Gasteiger charge is 2.44. The van der Waals surface area contributed by atoms with Crippen LogP contribution in [0.4, 0.5) is 4.39 Å². The maximum atomic E-state index is 13.9. The molecule has 11 heteroatoms. The number of aryl methyl sites for hydroxylation is 1. The Balaban J connectivity index is 1.66. The number of halogens is 1. The lowest BCUT2D eigenvalue weighted by molar-refractivity contribution is -0.148. The summed E-state index contributed by atoms with van der Waals surface area (Å²) in [6.07, 6.45) is 3.58. The molecule has 0 spiro atoms. The summed E-state index contributed by atoms with van der Waals surface area (Å²) in [5.41, 5.74) is 1.42. The highest BCUT2D eigenvalue weighted by atomic mass is 32.2. The van der Waals surface area contributed by atoms with Crippen LogP contribution in [0.5, 0.6) is 0 Å². The Labute approximate surface area is 234 Å². The number of nitrogens with zero attached hydrogens (tertiary/aromatic N) is 2. The van der Waals surface area contributed by atoms with Gasteiger partial charge in [0.15, 0.2) is 6.17 Å². The zero-order chi connectivity index (χ0) is 28.9. The number of hydrogen-bond donors (Lipinski definition) is 2. The van der Waals surface area contributed by atoms with E-state index in [4.69, 9.17) is 0 Å². The van der Waals surface area contributed by atoms with Crippen LogP contribution in [0.3, 0.4) is 0 Å². The normalized spacial score (nSPS) is 19.4. The minimum absolute atomic E-state index is 0.0295. The van der Waals surface area contributed by atoms with Crippen molar-refractivity contribution in [2.45, 2.75) is 75.4 Å². The van der Waals surface area contributed by atoms with Crippen molar-refractivity contribution in [2.75, 3.05) is 13.1 Å². The number of aliphatic carboxylic acids is 1. The van der Waals surface area contributed by atoms with E-state index in [9.17, 15) is 32.3 Å². The van der Waals surface area contributed by atoms with Gasteiger partial charge in [-0.2, -0.15) is 4.31 Å². The summed E-state index contributed by atoms with van der Waals surface area (Å²) in [6.45, 7) is 2.00. The van der Waals surface area contributed by atoms with E-state index in [-0.39, 0.29) is 30.3 Å². The third-order valence-electron chi connectivity index (χ3n) is 7.70. The second kappa shape index (κ2) is 12.9. The van der Waals surface area contributed by atoms with Crippen molar-refractivity contribution in [3.63, 3.8) is 0 Å². The highest BCUT2D eigenvalue weighted by Crippen LogP contribution is 2.31. The first-order valence-electron chi connectivity index (χ1n) is 13.7. The van der Waals surface area contributed by atoms with Gasteiger partial charge in [0.05, 0.1) is 17.4 Å². The van der Waals surface area contributed by atoms with E-state index < -0.39 is 46.3 Å². The molecule has 4 rings (SSSR count). The number of carboxylic acid groups (broad SMARTS) is 1. The van der Waals surface area contributed by atoms with Crippen molar-refractivity contribution in [1.82, 2.24) is 14.5 Å². The van der Waals surface area contributed by atoms with Gasteiger partial charge in [-0.25, -0.2) is 12.8 Å². The molecule has 2 amide bonds. The number of amides is 2. The molecule has 2 unspecified atom stereocenters. The van der Waals surface area contributed by atoms with E-state index in [1.807, 2.05) is 13.0 Å². The molecule has 1 saturated carbocycles. The number of benzene rings is 2. The summed E-state index contributed by atoms with van der Waals surface area (Å²) in [7, 11) is -4.30. The summed E-state index contributed by atoms with van der Waals surface area (Å²) in [5, 5.41) is 12.3. The Morgan fingerprint density at radius 2 is 1.75 bits per heavy atom. The molecule has 40 heavy (non-hydrogen) atoms. The molecular weight excluding hydrogens is 537 g/mol. The quantitative estimate of drug-likeness (QED) is 0.443. The van der Waals surface area contributed by atoms with Gasteiger partial charge in [-0.05, 0) is 55.5 Å². The SMILES string of the molecule is Cc1cccc(C(CC(=O)O)NC(=O)C2N(C(=O)CCC3CCCC3)CCCN2S(=O)(=O)c2ccc(F)cc2)c1.